The third-order valence-corrected chi connectivity index (χ3v) is 8.17. The number of nitrogens with two attached hydrogens (primary N) is 1. The summed E-state index contributed by atoms with van der Waals surface area (Å²) in [5.41, 5.74) is 7.46. The molecule has 6 N–H and O–H groups in total. The molecule has 2 aliphatic heterocycles. The van der Waals surface area contributed by atoms with Crippen molar-refractivity contribution in [3.8, 4) is 0 Å². The number of carboxylic acid groups (broad SMARTS) is 1. The quantitative estimate of drug-likeness (QED) is 0.283. The molecule has 1 unspecified atom stereocenters. The summed E-state index contributed by atoms with van der Waals surface area (Å²) in [5, 5.41) is 17.9. The van der Waals surface area contributed by atoms with Gasteiger partial charge in [-0.25, -0.2) is 14.8 Å². The van der Waals surface area contributed by atoms with Gasteiger partial charge < -0.3 is 36.6 Å². The van der Waals surface area contributed by atoms with Crippen LogP contribution in [0.5, 0.6) is 0 Å². The van der Waals surface area contributed by atoms with Crippen molar-refractivity contribution in [3.05, 3.63) is 41.7 Å². The van der Waals surface area contributed by atoms with Crippen LogP contribution in [-0.2, 0) is 4.79 Å². The summed E-state index contributed by atoms with van der Waals surface area (Å²) >= 11 is 0. The van der Waals surface area contributed by atoms with E-state index in [0.717, 1.165) is 50.3 Å². The van der Waals surface area contributed by atoms with E-state index in [2.05, 4.69) is 43.0 Å². The van der Waals surface area contributed by atoms with Gasteiger partial charge in [0, 0.05) is 44.5 Å². The van der Waals surface area contributed by atoms with Crippen molar-refractivity contribution in [1.82, 2.24) is 25.5 Å². The number of piperidine rings is 2. The van der Waals surface area contributed by atoms with Crippen molar-refractivity contribution >= 4 is 35.2 Å². The van der Waals surface area contributed by atoms with Crippen LogP contribution in [0.15, 0.2) is 30.5 Å². The molecule has 12 nitrogen and oxygen atoms in total. The van der Waals surface area contributed by atoms with Crippen molar-refractivity contribution in [3.63, 3.8) is 0 Å². The lowest BCUT2D eigenvalue weighted by Crippen LogP contribution is -2.52. The van der Waals surface area contributed by atoms with Gasteiger partial charge in [0.1, 0.15) is 5.82 Å². The number of carbonyl (C=O) groups excluding carboxylic acids is 2. The largest absolute Gasteiger partial charge is 0.465 e. The molecule has 228 valence electrons. The fraction of sp³-hybridized carbons (Fsp3) is 0.567. The van der Waals surface area contributed by atoms with Gasteiger partial charge >= 0.3 is 6.09 Å². The molecule has 2 fully saturated rings. The first-order valence-corrected chi connectivity index (χ1v) is 14.8. The average molecular weight is 581 g/mol. The molecule has 1 aromatic heterocycles. The number of primary amides is 1. The monoisotopic (exact) mass is 580 g/mol. The van der Waals surface area contributed by atoms with Crippen molar-refractivity contribution in [2.24, 2.45) is 11.1 Å². The second kappa shape index (κ2) is 13.8. The molecule has 3 amide bonds. The van der Waals surface area contributed by atoms with E-state index >= 15 is 0 Å². The highest BCUT2D eigenvalue weighted by Crippen LogP contribution is 2.30. The number of nitrogens with zero attached hydrogens (tertiary/aromatic N) is 4. The molecule has 3 heterocycles. The molecule has 0 radical (unpaired) electrons. The molecule has 12 heteroatoms. The molecular weight excluding hydrogens is 536 g/mol. The lowest BCUT2D eigenvalue weighted by molar-refractivity contribution is -0.131. The van der Waals surface area contributed by atoms with E-state index in [0.29, 0.717) is 24.8 Å². The molecule has 0 spiro atoms. The highest BCUT2D eigenvalue weighted by molar-refractivity contribution is 5.96. The standard InChI is InChI=1S/C30H44N8O4/c1-30(2,3)23(17-34-29(41)42)32-19-25(39)38-15-11-21(12-16-38)20-7-9-22(10-8-20)35-28-26(27(31)40)33-18-24(36-28)37-13-5-4-6-14-37/h7-10,18,21,23,32,34H,4-6,11-17,19H2,1-3H3,(H2,31,40)(H,35,36)(H,41,42). The fourth-order valence-corrected chi connectivity index (χ4v) is 5.56. The molecule has 2 saturated heterocycles. The Balaban J connectivity index is 1.31. The maximum absolute atomic E-state index is 12.9. The lowest BCUT2D eigenvalue weighted by Gasteiger charge is -2.35. The summed E-state index contributed by atoms with van der Waals surface area (Å²) in [4.78, 5) is 48.9. The molecule has 0 aliphatic carbocycles. The summed E-state index contributed by atoms with van der Waals surface area (Å²) in [5.74, 6) is 0.818. The van der Waals surface area contributed by atoms with Crippen LogP contribution in [0.2, 0.25) is 0 Å². The first-order valence-electron chi connectivity index (χ1n) is 14.8. The minimum absolute atomic E-state index is 0.0238. The predicted octanol–water partition coefficient (Wildman–Crippen LogP) is 3.29. The van der Waals surface area contributed by atoms with E-state index < -0.39 is 12.0 Å². The van der Waals surface area contributed by atoms with Gasteiger partial charge in [-0.1, -0.05) is 32.9 Å². The molecule has 2 aliphatic rings. The highest BCUT2D eigenvalue weighted by atomic mass is 16.4. The third kappa shape index (κ3) is 8.31. The summed E-state index contributed by atoms with van der Waals surface area (Å²) in [6, 6.07) is 7.91. The number of benzene rings is 1. The van der Waals surface area contributed by atoms with Gasteiger partial charge in [0.2, 0.25) is 5.91 Å². The molecule has 1 atom stereocenters. The molecule has 2 aromatic rings. The first kappa shape index (κ1) is 31.0. The minimum Gasteiger partial charge on any atom is -0.465 e. The summed E-state index contributed by atoms with van der Waals surface area (Å²) in [7, 11) is 0. The van der Waals surface area contributed by atoms with Crippen molar-refractivity contribution < 1.29 is 19.5 Å². The molecule has 0 bridgehead atoms. The molecule has 42 heavy (non-hydrogen) atoms. The van der Waals surface area contributed by atoms with Crippen LogP contribution < -0.4 is 26.6 Å². The van der Waals surface area contributed by atoms with E-state index in [1.165, 1.54) is 12.0 Å². The minimum atomic E-state index is -1.07. The Kier molecular flexibility index (Phi) is 10.2. The van der Waals surface area contributed by atoms with Crippen LogP contribution in [0.3, 0.4) is 0 Å². The van der Waals surface area contributed by atoms with Crippen molar-refractivity contribution in [2.75, 3.05) is 49.5 Å². The Labute approximate surface area is 247 Å². The second-order valence-corrected chi connectivity index (χ2v) is 12.2. The Morgan fingerprint density at radius 2 is 1.71 bits per heavy atom. The van der Waals surface area contributed by atoms with Gasteiger partial charge in [-0.05, 0) is 61.1 Å². The summed E-state index contributed by atoms with van der Waals surface area (Å²) in [6.07, 6.45) is 5.68. The second-order valence-electron chi connectivity index (χ2n) is 12.2. The average Bonchev–Trinajstić information content (AvgIpc) is 2.97. The van der Waals surface area contributed by atoms with E-state index in [1.54, 1.807) is 6.20 Å². The van der Waals surface area contributed by atoms with Gasteiger partial charge in [0.15, 0.2) is 11.5 Å². The predicted molar refractivity (Wildman–Crippen MR) is 162 cm³/mol. The Bertz CT molecular complexity index is 1230. The van der Waals surface area contributed by atoms with Crippen molar-refractivity contribution in [2.45, 2.75) is 64.8 Å². The van der Waals surface area contributed by atoms with Crippen molar-refractivity contribution in [1.29, 1.82) is 0 Å². The van der Waals surface area contributed by atoms with Gasteiger partial charge in [0.25, 0.3) is 5.91 Å². The van der Waals surface area contributed by atoms with Gasteiger partial charge in [-0.15, -0.1) is 0 Å². The van der Waals surface area contributed by atoms with Crippen LogP contribution in [0.4, 0.5) is 22.1 Å². The van der Waals surface area contributed by atoms with E-state index in [4.69, 9.17) is 10.8 Å². The van der Waals surface area contributed by atoms with E-state index in [9.17, 15) is 14.4 Å². The summed E-state index contributed by atoms with van der Waals surface area (Å²) in [6.45, 7) is 9.62. The molecule has 0 saturated carbocycles. The smallest absolute Gasteiger partial charge is 0.404 e. The van der Waals surface area contributed by atoms with Crippen LogP contribution >= 0.6 is 0 Å². The van der Waals surface area contributed by atoms with Crippen LogP contribution in [0.25, 0.3) is 0 Å². The van der Waals surface area contributed by atoms with Crippen LogP contribution in [-0.4, -0.2) is 83.2 Å². The van der Waals surface area contributed by atoms with Gasteiger partial charge in [0.05, 0.1) is 12.7 Å². The number of aromatic nitrogens is 2. The zero-order valence-corrected chi connectivity index (χ0v) is 24.9. The maximum atomic E-state index is 12.9. The number of amides is 3. The Morgan fingerprint density at radius 1 is 1.05 bits per heavy atom. The molecule has 4 rings (SSSR count). The number of anilines is 3. The number of hydrogen-bond donors (Lipinski definition) is 5. The maximum Gasteiger partial charge on any atom is 0.404 e. The highest BCUT2D eigenvalue weighted by Gasteiger charge is 2.28. The number of likely N-dealkylation sites (tertiary alicyclic amines) is 1. The van der Waals surface area contributed by atoms with Gasteiger partial charge in [-0.2, -0.15) is 0 Å². The number of rotatable bonds is 10. The molecule has 1 aromatic carbocycles. The summed E-state index contributed by atoms with van der Waals surface area (Å²) < 4.78 is 0. The zero-order valence-electron chi connectivity index (χ0n) is 24.9. The SMILES string of the molecule is CC(C)(C)C(CNC(=O)O)NCC(=O)N1CCC(c2ccc(Nc3nc(N4CCCCC4)cnc3C(N)=O)cc2)CC1. The van der Waals surface area contributed by atoms with Crippen LogP contribution in [0, 0.1) is 5.41 Å². The zero-order chi connectivity index (χ0) is 30.3. The normalized spacial score (nSPS) is 17.0. The number of hydrogen-bond acceptors (Lipinski definition) is 8. The topological polar surface area (TPSA) is 166 Å². The first-order chi connectivity index (χ1) is 20.0. The Hall–Kier alpha value is -3.93. The Morgan fingerprint density at radius 3 is 2.31 bits per heavy atom. The molecular formula is C30H44N8O4. The third-order valence-electron chi connectivity index (χ3n) is 8.17. The van der Waals surface area contributed by atoms with Crippen LogP contribution in [0.1, 0.15) is 74.8 Å². The number of carbonyl (C=O) groups is 3. The van der Waals surface area contributed by atoms with Gasteiger partial charge in [-0.3, -0.25) is 9.59 Å². The van der Waals surface area contributed by atoms with E-state index in [1.807, 2.05) is 37.8 Å². The fourth-order valence-electron chi connectivity index (χ4n) is 5.56. The number of nitrogens with one attached hydrogen (secondary N) is 3. The lowest BCUT2D eigenvalue weighted by atomic mass is 9.86. The van der Waals surface area contributed by atoms with E-state index in [-0.39, 0.29) is 36.1 Å².